The smallest absolute Gasteiger partial charge is 0.320 e. The number of carbonyl (C=O) groups is 1. The van der Waals surface area contributed by atoms with Gasteiger partial charge in [-0.05, 0) is 28.8 Å². The van der Waals surface area contributed by atoms with Crippen LogP contribution in [0.2, 0.25) is 0 Å². The zero-order chi connectivity index (χ0) is 8.27. The second kappa shape index (κ2) is 5.13. The summed E-state index contributed by atoms with van der Waals surface area (Å²) in [5.41, 5.74) is 6.30. The number of thiophene rings is 1. The van der Waals surface area contributed by atoms with Crippen LogP contribution in [0.25, 0.3) is 0 Å². The lowest BCUT2D eigenvalue weighted by Crippen LogP contribution is -2.31. The number of carboxylic acids is 1. The van der Waals surface area contributed by atoms with Gasteiger partial charge in [-0.1, -0.05) is 0 Å². The van der Waals surface area contributed by atoms with E-state index in [1.807, 2.05) is 16.8 Å². The summed E-state index contributed by atoms with van der Waals surface area (Å²) >= 11 is 1.54. The van der Waals surface area contributed by atoms with Crippen molar-refractivity contribution in [1.29, 1.82) is 0 Å². The highest BCUT2D eigenvalue weighted by Gasteiger charge is 2.11. The highest BCUT2D eigenvalue weighted by Crippen LogP contribution is 2.07. The van der Waals surface area contributed by atoms with Crippen molar-refractivity contribution >= 4 is 29.7 Å². The lowest BCUT2D eigenvalue weighted by molar-refractivity contribution is -0.138. The molecule has 0 unspecified atom stereocenters. The van der Waals surface area contributed by atoms with E-state index in [9.17, 15) is 4.79 Å². The van der Waals surface area contributed by atoms with Crippen molar-refractivity contribution in [3.8, 4) is 0 Å². The molecule has 1 aromatic rings. The Bertz CT molecular complexity index is 238. The van der Waals surface area contributed by atoms with E-state index in [4.69, 9.17) is 10.8 Å². The molecule has 1 aromatic heterocycles. The Morgan fingerprint density at radius 3 is 2.83 bits per heavy atom. The zero-order valence-electron chi connectivity index (χ0n) is 6.27. The third-order valence-corrected chi connectivity index (χ3v) is 2.08. The zero-order valence-corrected chi connectivity index (χ0v) is 7.90. The molecule has 0 aliphatic carbocycles. The molecule has 68 valence electrons. The minimum atomic E-state index is -0.948. The molecular weight excluding hydrogens is 198 g/mol. The predicted octanol–water partition coefficient (Wildman–Crippen LogP) is 1.12. The summed E-state index contributed by atoms with van der Waals surface area (Å²) < 4.78 is 0. The van der Waals surface area contributed by atoms with Gasteiger partial charge in [-0.15, -0.1) is 12.4 Å². The summed E-state index contributed by atoms with van der Waals surface area (Å²) in [6.45, 7) is 0. The molecule has 0 saturated heterocycles. The monoisotopic (exact) mass is 207 g/mol. The normalized spacial score (nSPS) is 11.8. The molecule has 1 rings (SSSR count). The minimum absolute atomic E-state index is 0. The number of hydrogen-bond acceptors (Lipinski definition) is 3. The number of aliphatic carboxylic acids is 1. The van der Waals surface area contributed by atoms with Crippen LogP contribution in [0.4, 0.5) is 0 Å². The van der Waals surface area contributed by atoms with E-state index < -0.39 is 12.0 Å². The van der Waals surface area contributed by atoms with Crippen LogP contribution in [0.1, 0.15) is 5.56 Å². The average Bonchev–Trinajstić information content (AvgIpc) is 2.39. The van der Waals surface area contributed by atoms with Crippen molar-refractivity contribution < 1.29 is 9.90 Å². The van der Waals surface area contributed by atoms with Crippen LogP contribution >= 0.6 is 23.7 Å². The first-order chi connectivity index (χ1) is 5.20. The Morgan fingerprint density at radius 1 is 1.75 bits per heavy atom. The minimum Gasteiger partial charge on any atom is -0.480 e. The van der Waals surface area contributed by atoms with E-state index >= 15 is 0 Å². The summed E-state index contributed by atoms with van der Waals surface area (Å²) in [5.74, 6) is -0.948. The maximum atomic E-state index is 10.3. The van der Waals surface area contributed by atoms with Gasteiger partial charge in [-0.25, -0.2) is 0 Å². The highest BCUT2D eigenvalue weighted by atomic mass is 35.5. The van der Waals surface area contributed by atoms with E-state index in [2.05, 4.69) is 0 Å². The molecule has 1 heterocycles. The number of rotatable bonds is 3. The topological polar surface area (TPSA) is 63.3 Å². The van der Waals surface area contributed by atoms with Gasteiger partial charge in [-0.3, -0.25) is 4.79 Å². The Morgan fingerprint density at radius 2 is 2.42 bits per heavy atom. The van der Waals surface area contributed by atoms with E-state index in [-0.39, 0.29) is 12.4 Å². The van der Waals surface area contributed by atoms with Gasteiger partial charge >= 0.3 is 5.97 Å². The van der Waals surface area contributed by atoms with Crippen LogP contribution in [0, 0.1) is 0 Å². The van der Waals surface area contributed by atoms with Gasteiger partial charge in [0.25, 0.3) is 0 Å². The van der Waals surface area contributed by atoms with E-state index in [1.165, 1.54) is 0 Å². The quantitative estimate of drug-likeness (QED) is 0.781. The molecule has 12 heavy (non-hydrogen) atoms. The Balaban J connectivity index is 0.00000121. The molecule has 5 heteroatoms. The molecule has 1 atom stereocenters. The first kappa shape index (κ1) is 11.4. The first-order valence-electron chi connectivity index (χ1n) is 3.19. The van der Waals surface area contributed by atoms with Crippen molar-refractivity contribution in [2.45, 2.75) is 12.5 Å². The number of halogens is 1. The molecule has 3 N–H and O–H groups in total. The molecular formula is C7H10ClNO2S. The molecule has 0 spiro atoms. The number of carboxylic acid groups (broad SMARTS) is 1. The van der Waals surface area contributed by atoms with Gasteiger partial charge in [0.2, 0.25) is 0 Å². The first-order valence-corrected chi connectivity index (χ1v) is 4.14. The second-order valence-corrected chi connectivity index (χ2v) is 3.06. The van der Waals surface area contributed by atoms with Crippen LogP contribution in [0.15, 0.2) is 16.8 Å². The summed E-state index contributed by atoms with van der Waals surface area (Å²) in [6, 6.07) is 1.11. The van der Waals surface area contributed by atoms with E-state index in [0.717, 1.165) is 5.56 Å². The van der Waals surface area contributed by atoms with Crippen molar-refractivity contribution in [2.75, 3.05) is 0 Å². The Hall–Kier alpha value is -0.580. The summed E-state index contributed by atoms with van der Waals surface area (Å²) in [7, 11) is 0. The van der Waals surface area contributed by atoms with Crippen LogP contribution < -0.4 is 5.73 Å². The maximum Gasteiger partial charge on any atom is 0.320 e. The molecule has 0 aliphatic heterocycles. The molecule has 0 saturated carbocycles. The average molecular weight is 208 g/mol. The standard InChI is InChI=1S/C7H9NO2S.ClH/c8-6(7(9)10)3-5-1-2-11-4-5;/h1-2,4,6H,3,8H2,(H,9,10);1H/t6-;/m1./s1. The molecule has 0 aromatic carbocycles. The number of nitrogens with two attached hydrogens (primary N) is 1. The van der Waals surface area contributed by atoms with Crippen molar-refractivity contribution in [3.05, 3.63) is 22.4 Å². The third-order valence-electron chi connectivity index (χ3n) is 1.35. The van der Waals surface area contributed by atoms with E-state index in [1.54, 1.807) is 11.3 Å². The predicted molar refractivity (Wildman–Crippen MR) is 50.9 cm³/mol. The van der Waals surface area contributed by atoms with Crippen LogP contribution in [-0.4, -0.2) is 17.1 Å². The summed E-state index contributed by atoms with van der Waals surface area (Å²) in [5, 5.41) is 12.3. The van der Waals surface area contributed by atoms with E-state index in [0.29, 0.717) is 6.42 Å². The molecule has 0 radical (unpaired) electrons. The fraction of sp³-hybridized carbons (Fsp3) is 0.286. The van der Waals surface area contributed by atoms with Gasteiger partial charge in [0.1, 0.15) is 6.04 Å². The molecule has 3 nitrogen and oxygen atoms in total. The summed E-state index contributed by atoms with van der Waals surface area (Å²) in [4.78, 5) is 10.3. The lowest BCUT2D eigenvalue weighted by atomic mass is 10.1. The molecule has 0 bridgehead atoms. The molecule has 0 fully saturated rings. The van der Waals surface area contributed by atoms with Crippen molar-refractivity contribution in [3.63, 3.8) is 0 Å². The second-order valence-electron chi connectivity index (χ2n) is 2.28. The van der Waals surface area contributed by atoms with Gasteiger partial charge in [0.05, 0.1) is 0 Å². The maximum absolute atomic E-state index is 10.3. The van der Waals surface area contributed by atoms with Crippen LogP contribution in [0.5, 0.6) is 0 Å². The SMILES string of the molecule is Cl.N[C@H](Cc1ccsc1)C(=O)O. The Kier molecular flexibility index (Phi) is 4.89. The third kappa shape index (κ3) is 3.21. The highest BCUT2D eigenvalue weighted by molar-refractivity contribution is 7.07. The van der Waals surface area contributed by atoms with Crippen LogP contribution in [0.3, 0.4) is 0 Å². The fourth-order valence-corrected chi connectivity index (χ4v) is 1.43. The fourth-order valence-electron chi connectivity index (χ4n) is 0.750. The van der Waals surface area contributed by atoms with Gasteiger partial charge in [0.15, 0.2) is 0 Å². The number of hydrogen-bond donors (Lipinski definition) is 2. The van der Waals surface area contributed by atoms with Crippen LogP contribution in [-0.2, 0) is 11.2 Å². The van der Waals surface area contributed by atoms with Gasteiger partial charge in [0, 0.05) is 0 Å². The van der Waals surface area contributed by atoms with Crippen molar-refractivity contribution in [2.24, 2.45) is 5.73 Å². The van der Waals surface area contributed by atoms with Crippen molar-refractivity contribution in [1.82, 2.24) is 0 Å². The summed E-state index contributed by atoms with van der Waals surface area (Å²) in [6.07, 6.45) is 0.416. The lowest BCUT2D eigenvalue weighted by Gasteiger charge is -2.02. The van der Waals surface area contributed by atoms with Gasteiger partial charge < -0.3 is 10.8 Å². The molecule has 0 amide bonds. The molecule has 0 aliphatic rings. The Labute approximate surface area is 80.6 Å². The van der Waals surface area contributed by atoms with Gasteiger partial charge in [-0.2, -0.15) is 11.3 Å². The largest absolute Gasteiger partial charge is 0.480 e.